The maximum absolute atomic E-state index is 12.6. The van der Waals surface area contributed by atoms with Crippen molar-refractivity contribution >= 4 is 29.0 Å². The molecule has 24 heavy (non-hydrogen) atoms. The number of pyridine rings is 1. The number of nitrogens with zero attached hydrogens (tertiary/aromatic N) is 2. The summed E-state index contributed by atoms with van der Waals surface area (Å²) < 4.78 is 0. The topological polar surface area (TPSA) is 70.5 Å². The average Bonchev–Trinajstić information content (AvgIpc) is 2.87. The van der Waals surface area contributed by atoms with E-state index >= 15 is 0 Å². The second-order valence-corrected chi connectivity index (χ2v) is 5.78. The highest BCUT2D eigenvalue weighted by atomic mass is 35.5. The number of rotatable bonds is 4. The van der Waals surface area contributed by atoms with E-state index in [0.717, 1.165) is 0 Å². The van der Waals surface area contributed by atoms with E-state index in [-0.39, 0.29) is 17.8 Å². The molecule has 1 aliphatic rings. The van der Waals surface area contributed by atoms with E-state index in [1.807, 2.05) is 0 Å². The minimum absolute atomic E-state index is 0.0798. The van der Waals surface area contributed by atoms with Crippen LogP contribution in [0.4, 0.5) is 5.69 Å². The van der Waals surface area contributed by atoms with Crippen LogP contribution in [0.25, 0.3) is 0 Å². The van der Waals surface area contributed by atoms with E-state index < -0.39 is 17.7 Å². The fourth-order valence-corrected chi connectivity index (χ4v) is 2.89. The minimum atomic E-state index is -0.757. The summed E-state index contributed by atoms with van der Waals surface area (Å²) in [5, 5.41) is 10.8. The third-order valence-electron chi connectivity index (χ3n) is 3.90. The fourth-order valence-electron chi connectivity index (χ4n) is 2.77. The third kappa shape index (κ3) is 2.67. The molecule has 1 amide bonds. The van der Waals surface area contributed by atoms with Gasteiger partial charge in [0.1, 0.15) is 6.04 Å². The van der Waals surface area contributed by atoms with E-state index in [9.17, 15) is 14.7 Å². The lowest BCUT2D eigenvalue weighted by molar-refractivity contribution is -0.118. The molecule has 122 valence electrons. The van der Waals surface area contributed by atoms with Gasteiger partial charge in [0.25, 0.3) is 5.91 Å². The molecular weight excluding hydrogens is 328 g/mol. The van der Waals surface area contributed by atoms with Gasteiger partial charge in [-0.2, -0.15) is 0 Å². The van der Waals surface area contributed by atoms with Crippen molar-refractivity contribution in [2.45, 2.75) is 19.4 Å². The van der Waals surface area contributed by atoms with Crippen LogP contribution in [0, 0.1) is 0 Å². The Kier molecular flexibility index (Phi) is 4.36. The molecule has 0 saturated heterocycles. The van der Waals surface area contributed by atoms with Gasteiger partial charge in [-0.15, -0.1) is 0 Å². The number of hydrogen-bond acceptors (Lipinski definition) is 4. The molecule has 2 aromatic rings. The van der Waals surface area contributed by atoms with Crippen LogP contribution in [0.1, 0.15) is 25.1 Å². The van der Waals surface area contributed by atoms with Gasteiger partial charge in [-0.3, -0.25) is 19.5 Å². The molecule has 0 spiro atoms. The standard InChI is InChI=1S/C18H15ClN2O3/c1-2-14(22)15-16(13-5-3-4-10-20-13)21(18(24)17(15)23)12-8-6-11(19)7-9-12/h3-10,16,23H,2H2,1H3. The number of carbonyl (C=O) groups is 2. The molecule has 1 unspecified atom stereocenters. The average molecular weight is 343 g/mol. The SMILES string of the molecule is CCC(=O)C1=C(O)C(=O)N(c2ccc(Cl)cc2)C1c1ccccn1. The summed E-state index contributed by atoms with van der Waals surface area (Å²) in [5.41, 5.74) is 1.13. The van der Waals surface area contributed by atoms with E-state index in [1.54, 1.807) is 55.6 Å². The van der Waals surface area contributed by atoms with Crippen LogP contribution >= 0.6 is 11.6 Å². The van der Waals surface area contributed by atoms with Crippen molar-refractivity contribution in [1.82, 2.24) is 4.98 Å². The number of aliphatic hydroxyl groups excluding tert-OH is 1. The predicted octanol–water partition coefficient (Wildman–Crippen LogP) is 3.61. The first-order valence-electron chi connectivity index (χ1n) is 7.51. The molecule has 5 nitrogen and oxygen atoms in total. The number of halogens is 1. The number of benzene rings is 1. The Balaban J connectivity index is 2.16. The van der Waals surface area contributed by atoms with Gasteiger partial charge in [0.05, 0.1) is 11.3 Å². The van der Waals surface area contributed by atoms with Gasteiger partial charge in [0.15, 0.2) is 11.5 Å². The number of hydrogen-bond donors (Lipinski definition) is 1. The first-order chi connectivity index (χ1) is 11.5. The highest BCUT2D eigenvalue weighted by Crippen LogP contribution is 2.40. The molecule has 0 radical (unpaired) electrons. The lowest BCUT2D eigenvalue weighted by atomic mass is 9.98. The smallest absolute Gasteiger partial charge is 0.294 e. The van der Waals surface area contributed by atoms with Crippen LogP contribution in [-0.2, 0) is 9.59 Å². The van der Waals surface area contributed by atoms with Crippen LogP contribution in [0.2, 0.25) is 5.02 Å². The maximum atomic E-state index is 12.6. The first-order valence-corrected chi connectivity index (χ1v) is 7.88. The Hall–Kier alpha value is -2.66. The zero-order valence-corrected chi connectivity index (χ0v) is 13.7. The van der Waals surface area contributed by atoms with E-state index in [4.69, 9.17) is 11.6 Å². The molecule has 0 saturated carbocycles. The molecule has 0 bridgehead atoms. The largest absolute Gasteiger partial charge is 0.503 e. The lowest BCUT2D eigenvalue weighted by Crippen LogP contribution is -2.31. The monoisotopic (exact) mass is 342 g/mol. The summed E-state index contributed by atoms with van der Waals surface area (Å²) in [5.74, 6) is -1.43. The Morgan fingerprint density at radius 1 is 1.25 bits per heavy atom. The number of aliphatic hydroxyl groups is 1. The molecule has 1 aromatic carbocycles. The number of Topliss-reactive ketones (excluding diaryl/α,β-unsaturated/α-hetero) is 1. The van der Waals surface area contributed by atoms with Gasteiger partial charge in [0.2, 0.25) is 0 Å². The van der Waals surface area contributed by atoms with E-state index in [0.29, 0.717) is 16.4 Å². The summed E-state index contributed by atoms with van der Waals surface area (Å²) >= 11 is 5.91. The lowest BCUT2D eigenvalue weighted by Gasteiger charge is -2.26. The van der Waals surface area contributed by atoms with E-state index in [1.165, 1.54) is 4.90 Å². The van der Waals surface area contributed by atoms with Gasteiger partial charge in [-0.25, -0.2) is 0 Å². The minimum Gasteiger partial charge on any atom is -0.503 e. The van der Waals surface area contributed by atoms with Crippen LogP contribution in [-0.4, -0.2) is 21.8 Å². The van der Waals surface area contributed by atoms with Crippen LogP contribution < -0.4 is 4.90 Å². The second kappa shape index (κ2) is 6.45. The number of carbonyl (C=O) groups excluding carboxylic acids is 2. The summed E-state index contributed by atoms with van der Waals surface area (Å²) in [6, 6.07) is 11.1. The number of amides is 1. The number of ketones is 1. The van der Waals surface area contributed by atoms with Crippen molar-refractivity contribution in [3.05, 3.63) is 70.7 Å². The zero-order valence-electron chi connectivity index (χ0n) is 12.9. The van der Waals surface area contributed by atoms with Gasteiger partial charge in [-0.1, -0.05) is 24.6 Å². The van der Waals surface area contributed by atoms with Crippen molar-refractivity contribution in [2.75, 3.05) is 4.90 Å². The van der Waals surface area contributed by atoms with Gasteiger partial charge in [0, 0.05) is 23.3 Å². The van der Waals surface area contributed by atoms with Crippen molar-refractivity contribution in [3.63, 3.8) is 0 Å². The second-order valence-electron chi connectivity index (χ2n) is 5.35. The third-order valence-corrected chi connectivity index (χ3v) is 4.15. The predicted molar refractivity (Wildman–Crippen MR) is 90.9 cm³/mol. The van der Waals surface area contributed by atoms with Crippen molar-refractivity contribution in [1.29, 1.82) is 0 Å². The fraction of sp³-hybridized carbons (Fsp3) is 0.167. The Bertz CT molecular complexity index is 816. The molecule has 1 atom stereocenters. The summed E-state index contributed by atoms with van der Waals surface area (Å²) in [4.78, 5) is 30.6. The Morgan fingerprint density at radius 3 is 2.54 bits per heavy atom. The normalized spacial score (nSPS) is 17.5. The van der Waals surface area contributed by atoms with Crippen LogP contribution in [0.3, 0.4) is 0 Å². The van der Waals surface area contributed by atoms with Crippen LogP contribution in [0.15, 0.2) is 60.0 Å². The molecule has 1 N–H and O–H groups in total. The van der Waals surface area contributed by atoms with Crippen molar-refractivity contribution in [2.24, 2.45) is 0 Å². The summed E-state index contributed by atoms with van der Waals surface area (Å²) in [6.45, 7) is 1.69. The molecule has 1 aromatic heterocycles. The van der Waals surface area contributed by atoms with Crippen molar-refractivity contribution < 1.29 is 14.7 Å². The van der Waals surface area contributed by atoms with Gasteiger partial charge in [-0.05, 0) is 36.4 Å². The quantitative estimate of drug-likeness (QED) is 0.921. The molecule has 3 rings (SSSR count). The highest BCUT2D eigenvalue weighted by Gasteiger charge is 2.44. The first kappa shape index (κ1) is 16.2. The molecule has 2 heterocycles. The van der Waals surface area contributed by atoms with E-state index in [2.05, 4.69) is 4.98 Å². The Morgan fingerprint density at radius 2 is 1.96 bits per heavy atom. The maximum Gasteiger partial charge on any atom is 0.294 e. The van der Waals surface area contributed by atoms with Gasteiger partial charge >= 0.3 is 0 Å². The molecular formula is C18H15ClN2O3. The van der Waals surface area contributed by atoms with Crippen molar-refractivity contribution in [3.8, 4) is 0 Å². The summed E-state index contributed by atoms with van der Waals surface area (Å²) in [7, 11) is 0. The molecule has 6 heteroatoms. The number of aromatic nitrogens is 1. The highest BCUT2D eigenvalue weighted by molar-refractivity contribution is 6.30. The molecule has 0 fully saturated rings. The zero-order chi connectivity index (χ0) is 17.3. The Labute approximate surface area is 144 Å². The molecule has 0 aliphatic carbocycles. The van der Waals surface area contributed by atoms with Gasteiger partial charge < -0.3 is 5.11 Å². The number of anilines is 1. The molecule has 1 aliphatic heterocycles. The van der Waals surface area contributed by atoms with Crippen LogP contribution in [0.5, 0.6) is 0 Å². The summed E-state index contributed by atoms with van der Waals surface area (Å²) in [6.07, 6.45) is 1.77.